The molecule has 1 unspecified atom stereocenters. The molecule has 0 radical (unpaired) electrons. The van der Waals surface area contributed by atoms with Crippen molar-refractivity contribution < 1.29 is 9.13 Å². The SMILES string of the molecule is Fc1cccc(C2CC(NC3CCc4ccccc4OC3)C2)c1. The van der Waals surface area contributed by atoms with Crippen LogP contribution < -0.4 is 10.1 Å². The molecule has 1 saturated carbocycles. The lowest BCUT2D eigenvalue weighted by Gasteiger charge is -2.38. The van der Waals surface area contributed by atoms with Crippen LogP contribution in [0.4, 0.5) is 4.39 Å². The Balaban J connectivity index is 1.30. The average molecular weight is 311 g/mol. The summed E-state index contributed by atoms with van der Waals surface area (Å²) in [5.41, 5.74) is 2.44. The fourth-order valence-electron chi connectivity index (χ4n) is 3.71. The Kier molecular flexibility index (Phi) is 4.04. The molecule has 2 aliphatic rings. The molecule has 1 aliphatic carbocycles. The number of aryl methyl sites for hydroxylation is 1. The maximum atomic E-state index is 13.3. The van der Waals surface area contributed by atoms with Crippen molar-refractivity contribution in [2.24, 2.45) is 0 Å². The molecule has 0 saturated heterocycles. The molecule has 1 heterocycles. The second-order valence-electron chi connectivity index (χ2n) is 6.74. The van der Waals surface area contributed by atoms with E-state index in [9.17, 15) is 4.39 Å². The zero-order chi connectivity index (χ0) is 15.6. The Morgan fingerprint density at radius 2 is 1.87 bits per heavy atom. The summed E-state index contributed by atoms with van der Waals surface area (Å²) in [5.74, 6) is 1.39. The Morgan fingerprint density at radius 1 is 1.00 bits per heavy atom. The summed E-state index contributed by atoms with van der Waals surface area (Å²) in [4.78, 5) is 0. The molecule has 0 spiro atoms. The van der Waals surface area contributed by atoms with Gasteiger partial charge in [0.15, 0.2) is 0 Å². The number of rotatable bonds is 3. The summed E-state index contributed by atoms with van der Waals surface area (Å²) in [6.07, 6.45) is 4.35. The van der Waals surface area contributed by atoms with Crippen LogP contribution in [0.1, 0.15) is 36.3 Å². The molecule has 1 fully saturated rings. The third-order valence-electron chi connectivity index (χ3n) is 5.10. The molecule has 0 aromatic heterocycles. The van der Waals surface area contributed by atoms with Crippen LogP contribution in [0.2, 0.25) is 0 Å². The lowest BCUT2D eigenvalue weighted by Crippen LogP contribution is -2.47. The first-order chi connectivity index (χ1) is 11.3. The monoisotopic (exact) mass is 311 g/mol. The standard InChI is InChI=1S/C20H22FNO/c21-17-6-3-5-15(10-17)16-11-19(12-16)22-18-9-8-14-4-1-2-7-20(14)23-13-18/h1-7,10,16,18-19,22H,8-9,11-13H2. The number of hydrogen-bond donors (Lipinski definition) is 1. The largest absolute Gasteiger partial charge is 0.492 e. The number of fused-ring (bicyclic) bond motifs is 1. The number of nitrogens with one attached hydrogen (secondary N) is 1. The van der Waals surface area contributed by atoms with Gasteiger partial charge in [0.2, 0.25) is 0 Å². The van der Waals surface area contributed by atoms with Crippen LogP contribution in [-0.4, -0.2) is 18.7 Å². The van der Waals surface area contributed by atoms with E-state index in [1.54, 1.807) is 6.07 Å². The fourth-order valence-corrected chi connectivity index (χ4v) is 3.71. The van der Waals surface area contributed by atoms with Gasteiger partial charge in [0, 0.05) is 12.1 Å². The Labute approximate surface area is 136 Å². The van der Waals surface area contributed by atoms with Gasteiger partial charge in [-0.2, -0.15) is 0 Å². The highest BCUT2D eigenvalue weighted by Gasteiger charge is 2.32. The number of para-hydroxylation sites is 1. The third-order valence-corrected chi connectivity index (χ3v) is 5.10. The summed E-state index contributed by atoms with van der Waals surface area (Å²) >= 11 is 0. The highest BCUT2D eigenvalue weighted by atomic mass is 19.1. The second-order valence-corrected chi connectivity index (χ2v) is 6.74. The van der Waals surface area contributed by atoms with Crippen LogP contribution in [0.15, 0.2) is 48.5 Å². The first-order valence-corrected chi connectivity index (χ1v) is 8.50. The van der Waals surface area contributed by atoms with Gasteiger partial charge in [-0.05, 0) is 60.9 Å². The smallest absolute Gasteiger partial charge is 0.123 e. The zero-order valence-electron chi connectivity index (χ0n) is 13.2. The molecule has 3 heteroatoms. The highest BCUT2D eigenvalue weighted by molar-refractivity contribution is 5.34. The van der Waals surface area contributed by atoms with E-state index in [1.807, 2.05) is 18.2 Å². The first-order valence-electron chi connectivity index (χ1n) is 8.50. The van der Waals surface area contributed by atoms with Crippen molar-refractivity contribution in [2.75, 3.05) is 6.61 Å². The van der Waals surface area contributed by atoms with Crippen molar-refractivity contribution in [1.29, 1.82) is 0 Å². The minimum atomic E-state index is -0.131. The Morgan fingerprint density at radius 3 is 2.74 bits per heavy atom. The van der Waals surface area contributed by atoms with Crippen LogP contribution in [-0.2, 0) is 6.42 Å². The van der Waals surface area contributed by atoms with Crippen molar-refractivity contribution in [2.45, 2.75) is 43.7 Å². The van der Waals surface area contributed by atoms with Crippen molar-refractivity contribution >= 4 is 0 Å². The van der Waals surface area contributed by atoms with E-state index in [0.717, 1.165) is 43.6 Å². The molecule has 0 amide bonds. The van der Waals surface area contributed by atoms with Crippen molar-refractivity contribution in [1.82, 2.24) is 5.32 Å². The molecule has 120 valence electrons. The molecule has 4 rings (SSSR count). The van der Waals surface area contributed by atoms with E-state index in [-0.39, 0.29) is 5.82 Å². The van der Waals surface area contributed by atoms with Crippen LogP contribution in [0.25, 0.3) is 0 Å². The maximum absolute atomic E-state index is 13.3. The van der Waals surface area contributed by atoms with Gasteiger partial charge in [0.25, 0.3) is 0 Å². The minimum absolute atomic E-state index is 0.131. The number of halogens is 1. The number of benzene rings is 2. The zero-order valence-corrected chi connectivity index (χ0v) is 13.2. The van der Waals surface area contributed by atoms with Crippen LogP contribution in [0.3, 0.4) is 0 Å². The molecule has 2 nitrogen and oxygen atoms in total. The third kappa shape index (κ3) is 3.25. The van der Waals surface area contributed by atoms with Crippen molar-refractivity contribution in [3.63, 3.8) is 0 Å². The van der Waals surface area contributed by atoms with E-state index >= 15 is 0 Å². The van der Waals surface area contributed by atoms with E-state index < -0.39 is 0 Å². The molecule has 1 N–H and O–H groups in total. The molecule has 2 aromatic rings. The van der Waals surface area contributed by atoms with E-state index in [2.05, 4.69) is 23.5 Å². The van der Waals surface area contributed by atoms with Gasteiger partial charge in [-0.25, -0.2) is 4.39 Å². The van der Waals surface area contributed by atoms with E-state index in [0.29, 0.717) is 18.0 Å². The van der Waals surface area contributed by atoms with Gasteiger partial charge in [-0.1, -0.05) is 30.3 Å². The Bertz CT molecular complexity index is 654. The highest BCUT2D eigenvalue weighted by Crippen LogP contribution is 2.37. The van der Waals surface area contributed by atoms with Crippen LogP contribution >= 0.6 is 0 Å². The summed E-state index contributed by atoms with van der Waals surface area (Å²) in [5, 5.41) is 3.73. The molecule has 2 aromatic carbocycles. The molecule has 0 bridgehead atoms. The predicted molar refractivity (Wildman–Crippen MR) is 89.3 cm³/mol. The second kappa shape index (κ2) is 6.32. The van der Waals surface area contributed by atoms with E-state index in [1.165, 1.54) is 11.6 Å². The van der Waals surface area contributed by atoms with Gasteiger partial charge >= 0.3 is 0 Å². The van der Waals surface area contributed by atoms with Crippen molar-refractivity contribution in [3.05, 3.63) is 65.5 Å². The quantitative estimate of drug-likeness (QED) is 0.923. The average Bonchev–Trinajstić information content (AvgIpc) is 2.73. The summed E-state index contributed by atoms with van der Waals surface area (Å²) in [6, 6.07) is 16.3. The van der Waals surface area contributed by atoms with Gasteiger partial charge in [-0.15, -0.1) is 0 Å². The number of ether oxygens (including phenoxy) is 1. The summed E-state index contributed by atoms with van der Waals surface area (Å²) in [7, 11) is 0. The molecular weight excluding hydrogens is 289 g/mol. The topological polar surface area (TPSA) is 21.3 Å². The minimum Gasteiger partial charge on any atom is -0.492 e. The molecule has 1 aliphatic heterocycles. The van der Waals surface area contributed by atoms with Gasteiger partial charge < -0.3 is 10.1 Å². The van der Waals surface area contributed by atoms with Gasteiger partial charge in [-0.3, -0.25) is 0 Å². The van der Waals surface area contributed by atoms with Gasteiger partial charge in [0.05, 0.1) is 0 Å². The molecular formula is C20H22FNO. The van der Waals surface area contributed by atoms with Gasteiger partial charge in [0.1, 0.15) is 18.2 Å². The van der Waals surface area contributed by atoms with Crippen molar-refractivity contribution in [3.8, 4) is 5.75 Å². The van der Waals surface area contributed by atoms with Crippen LogP contribution in [0.5, 0.6) is 5.75 Å². The molecule has 23 heavy (non-hydrogen) atoms. The fraction of sp³-hybridized carbons (Fsp3) is 0.400. The Hall–Kier alpha value is -1.87. The predicted octanol–water partition coefficient (Wildman–Crippen LogP) is 4.06. The van der Waals surface area contributed by atoms with Crippen LogP contribution in [0, 0.1) is 5.82 Å². The number of hydrogen-bond acceptors (Lipinski definition) is 2. The summed E-state index contributed by atoms with van der Waals surface area (Å²) in [6.45, 7) is 0.734. The summed E-state index contributed by atoms with van der Waals surface area (Å²) < 4.78 is 19.2. The first kappa shape index (κ1) is 14.7. The van der Waals surface area contributed by atoms with E-state index in [4.69, 9.17) is 4.74 Å². The lowest BCUT2D eigenvalue weighted by atomic mass is 9.75. The maximum Gasteiger partial charge on any atom is 0.123 e. The lowest BCUT2D eigenvalue weighted by molar-refractivity contribution is 0.210. The normalized spacial score (nSPS) is 26.6. The molecule has 1 atom stereocenters.